The molecule has 0 bridgehead atoms. The highest BCUT2D eigenvalue weighted by atomic mass is 35.5. The second-order valence-corrected chi connectivity index (χ2v) is 5.83. The van der Waals surface area contributed by atoms with Crippen LogP contribution in [-0.2, 0) is 0 Å². The predicted molar refractivity (Wildman–Crippen MR) is 95.8 cm³/mol. The molecule has 0 atom stereocenters. The number of carbonyl (C=O) groups excluding carboxylic acids is 1. The quantitative estimate of drug-likeness (QED) is 0.558. The molecule has 0 saturated carbocycles. The molecule has 7 heteroatoms. The van der Waals surface area contributed by atoms with Crippen LogP contribution in [0.15, 0.2) is 47.6 Å². The van der Waals surface area contributed by atoms with E-state index in [-0.39, 0.29) is 5.91 Å². The smallest absolute Gasteiger partial charge is 0.271 e. The number of aromatic nitrogens is 1. The standard InChI is InChI=1S/C18H14ClN3O3/c19-17-13(12-3-1-2-4-14(12)21-17)10-20-22-18(23)11-5-6-15-16(9-11)25-8-7-24-15/h1-6,9-10,21H,7-8H2,(H,22,23)/b20-10-. The van der Waals surface area contributed by atoms with E-state index in [2.05, 4.69) is 15.5 Å². The van der Waals surface area contributed by atoms with Crippen molar-refractivity contribution >= 4 is 34.6 Å². The van der Waals surface area contributed by atoms with Gasteiger partial charge in [0, 0.05) is 22.0 Å². The molecule has 1 aliphatic rings. The minimum atomic E-state index is -0.343. The highest BCUT2D eigenvalue weighted by molar-refractivity contribution is 6.34. The number of para-hydroxylation sites is 1. The minimum absolute atomic E-state index is 0.343. The Kier molecular flexibility index (Phi) is 4.03. The molecule has 0 aliphatic carbocycles. The Morgan fingerprint density at radius 1 is 1.16 bits per heavy atom. The van der Waals surface area contributed by atoms with Crippen LogP contribution >= 0.6 is 11.6 Å². The zero-order valence-electron chi connectivity index (χ0n) is 13.1. The number of hydrogen-bond acceptors (Lipinski definition) is 4. The number of aromatic amines is 1. The van der Waals surface area contributed by atoms with E-state index < -0.39 is 0 Å². The van der Waals surface area contributed by atoms with Crippen molar-refractivity contribution in [3.05, 3.63) is 58.7 Å². The molecule has 2 heterocycles. The van der Waals surface area contributed by atoms with Gasteiger partial charge in [0.05, 0.1) is 6.21 Å². The summed E-state index contributed by atoms with van der Waals surface area (Å²) in [6, 6.07) is 12.7. The summed E-state index contributed by atoms with van der Waals surface area (Å²) < 4.78 is 10.9. The highest BCUT2D eigenvalue weighted by Gasteiger charge is 2.14. The van der Waals surface area contributed by atoms with Crippen molar-refractivity contribution in [2.75, 3.05) is 13.2 Å². The number of amides is 1. The van der Waals surface area contributed by atoms with Crippen molar-refractivity contribution in [3.63, 3.8) is 0 Å². The van der Waals surface area contributed by atoms with Gasteiger partial charge in [0.25, 0.3) is 5.91 Å². The molecule has 126 valence electrons. The number of halogens is 1. The van der Waals surface area contributed by atoms with Crippen LogP contribution < -0.4 is 14.9 Å². The van der Waals surface area contributed by atoms with Gasteiger partial charge >= 0.3 is 0 Å². The molecule has 1 aromatic heterocycles. The molecule has 3 aromatic rings. The molecule has 2 N–H and O–H groups in total. The molecule has 0 saturated heterocycles. The maximum absolute atomic E-state index is 12.2. The molecule has 25 heavy (non-hydrogen) atoms. The SMILES string of the molecule is O=C(N/N=C\c1c(Cl)[nH]c2ccccc12)c1ccc2c(c1)OCCO2. The summed E-state index contributed by atoms with van der Waals surface area (Å²) in [5.74, 6) is 0.851. The summed E-state index contributed by atoms with van der Waals surface area (Å²) in [5, 5.41) is 5.42. The lowest BCUT2D eigenvalue weighted by Gasteiger charge is -2.18. The number of benzene rings is 2. The van der Waals surface area contributed by atoms with Crippen LogP contribution in [0.25, 0.3) is 10.9 Å². The lowest BCUT2D eigenvalue weighted by atomic mass is 10.2. The molecular weight excluding hydrogens is 342 g/mol. The fraction of sp³-hybridized carbons (Fsp3) is 0.111. The molecule has 2 aromatic carbocycles. The minimum Gasteiger partial charge on any atom is -0.486 e. The van der Waals surface area contributed by atoms with Gasteiger partial charge in [0.2, 0.25) is 0 Å². The zero-order chi connectivity index (χ0) is 17.2. The van der Waals surface area contributed by atoms with Crippen molar-refractivity contribution in [1.29, 1.82) is 0 Å². The molecular formula is C18H14ClN3O3. The van der Waals surface area contributed by atoms with E-state index in [1.165, 1.54) is 6.21 Å². The molecule has 0 fully saturated rings. The summed E-state index contributed by atoms with van der Waals surface area (Å²) in [7, 11) is 0. The Bertz CT molecular complexity index is 981. The van der Waals surface area contributed by atoms with Gasteiger partial charge in [-0.3, -0.25) is 4.79 Å². The lowest BCUT2D eigenvalue weighted by molar-refractivity contribution is 0.0954. The maximum atomic E-state index is 12.2. The van der Waals surface area contributed by atoms with Crippen LogP contribution in [0.5, 0.6) is 11.5 Å². The van der Waals surface area contributed by atoms with E-state index in [0.717, 1.165) is 16.5 Å². The van der Waals surface area contributed by atoms with Crippen LogP contribution in [0.2, 0.25) is 5.15 Å². The lowest BCUT2D eigenvalue weighted by Crippen LogP contribution is -2.19. The Balaban J connectivity index is 1.51. The molecule has 1 amide bonds. The Hall–Kier alpha value is -2.99. The third kappa shape index (κ3) is 3.04. The van der Waals surface area contributed by atoms with Gasteiger partial charge in [-0.25, -0.2) is 5.43 Å². The van der Waals surface area contributed by atoms with E-state index in [0.29, 0.717) is 35.4 Å². The van der Waals surface area contributed by atoms with Crippen LogP contribution in [0, 0.1) is 0 Å². The average molecular weight is 356 g/mol. The molecule has 1 aliphatic heterocycles. The normalized spacial score (nSPS) is 13.3. The van der Waals surface area contributed by atoms with Gasteiger partial charge in [-0.15, -0.1) is 0 Å². The Morgan fingerprint density at radius 2 is 1.96 bits per heavy atom. The monoisotopic (exact) mass is 355 g/mol. The van der Waals surface area contributed by atoms with E-state index in [1.54, 1.807) is 18.2 Å². The van der Waals surface area contributed by atoms with Crippen molar-refractivity contribution in [2.24, 2.45) is 5.10 Å². The Morgan fingerprint density at radius 3 is 2.84 bits per heavy atom. The van der Waals surface area contributed by atoms with E-state index >= 15 is 0 Å². The second kappa shape index (κ2) is 6.49. The maximum Gasteiger partial charge on any atom is 0.271 e. The number of nitrogens with one attached hydrogen (secondary N) is 2. The number of H-pyrrole nitrogens is 1. The van der Waals surface area contributed by atoms with Crippen LogP contribution in [0.4, 0.5) is 0 Å². The number of nitrogens with zero attached hydrogens (tertiary/aromatic N) is 1. The number of carbonyl (C=O) groups is 1. The summed E-state index contributed by atoms with van der Waals surface area (Å²) in [6.45, 7) is 0.976. The largest absolute Gasteiger partial charge is 0.486 e. The highest BCUT2D eigenvalue weighted by Crippen LogP contribution is 2.30. The van der Waals surface area contributed by atoms with Gasteiger partial charge in [0.15, 0.2) is 11.5 Å². The summed E-state index contributed by atoms with van der Waals surface area (Å²) in [5.41, 5.74) is 4.57. The fourth-order valence-corrected chi connectivity index (χ4v) is 2.91. The summed E-state index contributed by atoms with van der Waals surface area (Å²) >= 11 is 6.19. The molecule has 0 unspecified atom stereocenters. The van der Waals surface area contributed by atoms with Gasteiger partial charge in [-0.2, -0.15) is 5.10 Å². The number of hydrogen-bond donors (Lipinski definition) is 2. The molecule has 0 spiro atoms. The predicted octanol–water partition coefficient (Wildman–Crippen LogP) is 3.36. The van der Waals surface area contributed by atoms with Crippen molar-refractivity contribution in [3.8, 4) is 11.5 Å². The number of rotatable bonds is 3. The van der Waals surface area contributed by atoms with Gasteiger partial charge in [-0.1, -0.05) is 29.8 Å². The number of ether oxygens (including phenoxy) is 2. The van der Waals surface area contributed by atoms with Crippen molar-refractivity contribution in [2.45, 2.75) is 0 Å². The number of hydrazone groups is 1. The topological polar surface area (TPSA) is 75.7 Å². The van der Waals surface area contributed by atoms with Crippen LogP contribution in [-0.4, -0.2) is 30.3 Å². The summed E-state index contributed by atoms with van der Waals surface area (Å²) in [4.78, 5) is 15.3. The van der Waals surface area contributed by atoms with E-state index in [1.807, 2.05) is 24.3 Å². The third-order valence-electron chi connectivity index (χ3n) is 3.86. The van der Waals surface area contributed by atoms with E-state index in [9.17, 15) is 4.79 Å². The third-order valence-corrected chi connectivity index (χ3v) is 4.16. The first-order chi connectivity index (χ1) is 12.2. The molecule has 6 nitrogen and oxygen atoms in total. The first-order valence-electron chi connectivity index (χ1n) is 7.71. The fourth-order valence-electron chi connectivity index (χ4n) is 2.66. The first kappa shape index (κ1) is 15.5. The summed E-state index contributed by atoms with van der Waals surface area (Å²) in [6.07, 6.45) is 1.52. The first-order valence-corrected chi connectivity index (χ1v) is 8.09. The second-order valence-electron chi connectivity index (χ2n) is 5.46. The van der Waals surface area contributed by atoms with Crippen molar-refractivity contribution < 1.29 is 14.3 Å². The number of fused-ring (bicyclic) bond motifs is 2. The Labute approximate surface area is 148 Å². The van der Waals surface area contributed by atoms with Crippen molar-refractivity contribution in [1.82, 2.24) is 10.4 Å². The van der Waals surface area contributed by atoms with Gasteiger partial charge in [0.1, 0.15) is 18.4 Å². The van der Waals surface area contributed by atoms with Crippen LogP contribution in [0.3, 0.4) is 0 Å². The van der Waals surface area contributed by atoms with Gasteiger partial charge < -0.3 is 14.5 Å². The van der Waals surface area contributed by atoms with Gasteiger partial charge in [-0.05, 0) is 24.3 Å². The van der Waals surface area contributed by atoms with E-state index in [4.69, 9.17) is 21.1 Å². The average Bonchev–Trinajstić information content (AvgIpc) is 2.96. The zero-order valence-corrected chi connectivity index (χ0v) is 13.8. The van der Waals surface area contributed by atoms with Crippen LogP contribution in [0.1, 0.15) is 15.9 Å². The molecule has 4 rings (SSSR count). The molecule has 0 radical (unpaired) electrons.